The van der Waals surface area contributed by atoms with Crippen molar-refractivity contribution in [2.24, 2.45) is 5.92 Å². The molecule has 1 aliphatic rings. The van der Waals surface area contributed by atoms with Gasteiger partial charge >= 0.3 is 0 Å². The number of hydrogen-bond donors (Lipinski definition) is 0. The first-order valence-electron chi connectivity index (χ1n) is 10.4. The maximum Gasteiger partial charge on any atom is 0.213 e. The summed E-state index contributed by atoms with van der Waals surface area (Å²) in [5, 5.41) is 5.13. The highest BCUT2D eigenvalue weighted by molar-refractivity contribution is 5.77. The number of nitrogens with zero attached hydrogens (tertiary/aromatic N) is 6. The molecule has 1 aromatic carbocycles. The van der Waals surface area contributed by atoms with Gasteiger partial charge < -0.3 is 13.8 Å². The van der Waals surface area contributed by atoms with E-state index in [1.807, 2.05) is 48.8 Å². The highest BCUT2D eigenvalue weighted by Gasteiger charge is 2.34. The monoisotopic (exact) mass is 412 g/mol. The SMILES string of the molecule is c1ccc2nc(N3CCC(C(c4ncon4)c4cc5cnccc5o4)CC3)cnc2c1. The lowest BCUT2D eigenvalue weighted by molar-refractivity contribution is 0.318. The van der Waals surface area contributed by atoms with Crippen LogP contribution in [0.4, 0.5) is 5.82 Å². The maximum absolute atomic E-state index is 6.17. The van der Waals surface area contributed by atoms with Crippen LogP contribution in [0.2, 0.25) is 0 Å². The minimum atomic E-state index is -0.0593. The van der Waals surface area contributed by atoms with Crippen molar-refractivity contribution in [1.29, 1.82) is 0 Å². The minimum Gasteiger partial charge on any atom is -0.460 e. The summed E-state index contributed by atoms with van der Waals surface area (Å²) >= 11 is 0. The molecule has 5 heterocycles. The number of aromatic nitrogens is 5. The average Bonchev–Trinajstić information content (AvgIpc) is 3.50. The smallest absolute Gasteiger partial charge is 0.213 e. The predicted octanol–water partition coefficient (Wildman–Crippen LogP) is 4.20. The number of rotatable bonds is 4. The van der Waals surface area contributed by atoms with Gasteiger partial charge in [0.1, 0.15) is 17.2 Å². The number of para-hydroxylation sites is 2. The van der Waals surface area contributed by atoms with Crippen LogP contribution >= 0.6 is 0 Å². The standard InChI is InChI=1S/C23H20N6O2/c1-2-4-18-17(3-1)25-13-21(27-18)29-9-6-15(7-10-29)22(23-26-14-30-28-23)20-11-16-12-24-8-5-19(16)31-20/h1-5,8,11-15,22H,6-7,9-10H2. The molecule has 5 aromatic rings. The molecule has 0 aliphatic carbocycles. The van der Waals surface area contributed by atoms with Crippen LogP contribution < -0.4 is 4.90 Å². The third-order valence-electron chi connectivity index (χ3n) is 6.07. The van der Waals surface area contributed by atoms with Crippen molar-refractivity contribution in [2.45, 2.75) is 18.8 Å². The first kappa shape index (κ1) is 18.0. The molecule has 1 fully saturated rings. The van der Waals surface area contributed by atoms with E-state index >= 15 is 0 Å². The fraction of sp³-hybridized carbons (Fsp3) is 0.261. The van der Waals surface area contributed by atoms with Gasteiger partial charge in [-0.05, 0) is 43.0 Å². The van der Waals surface area contributed by atoms with Crippen LogP contribution in [0.3, 0.4) is 0 Å². The van der Waals surface area contributed by atoms with Gasteiger partial charge in [0.2, 0.25) is 6.39 Å². The van der Waals surface area contributed by atoms with Gasteiger partial charge in [-0.1, -0.05) is 17.3 Å². The van der Waals surface area contributed by atoms with E-state index in [0.29, 0.717) is 11.7 Å². The van der Waals surface area contributed by atoms with Gasteiger partial charge in [-0.2, -0.15) is 4.98 Å². The second-order valence-corrected chi connectivity index (χ2v) is 7.87. The van der Waals surface area contributed by atoms with Gasteiger partial charge in [0.05, 0.1) is 23.1 Å². The number of benzene rings is 1. The van der Waals surface area contributed by atoms with Gasteiger partial charge in [-0.25, -0.2) is 4.98 Å². The molecule has 0 spiro atoms. The van der Waals surface area contributed by atoms with Gasteiger partial charge in [0.15, 0.2) is 5.82 Å². The van der Waals surface area contributed by atoms with Gasteiger partial charge in [0, 0.05) is 30.9 Å². The summed E-state index contributed by atoms with van der Waals surface area (Å²) in [4.78, 5) is 20.2. The van der Waals surface area contributed by atoms with E-state index in [-0.39, 0.29) is 5.92 Å². The molecular formula is C23H20N6O2. The normalized spacial score (nSPS) is 16.2. The molecule has 0 bridgehead atoms. The van der Waals surface area contributed by atoms with Crippen molar-refractivity contribution in [2.75, 3.05) is 18.0 Å². The predicted molar refractivity (Wildman–Crippen MR) is 115 cm³/mol. The van der Waals surface area contributed by atoms with E-state index in [4.69, 9.17) is 13.9 Å². The lowest BCUT2D eigenvalue weighted by atomic mass is 9.82. The summed E-state index contributed by atoms with van der Waals surface area (Å²) in [7, 11) is 0. The topological polar surface area (TPSA) is 94.0 Å². The zero-order chi connectivity index (χ0) is 20.6. The fourth-order valence-corrected chi connectivity index (χ4v) is 4.51. The Bertz CT molecular complexity index is 1290. The number of hydrogen-bond acceptors (Lipinski definition) is 8. The van der Waals surface area contributed by atoms with E-state index in [2.05, 4.69) is 25.0 Å². The number of furan rings is 1. The molecular weight excluding hydrogens is 392 g/mol. The van der Waals surface area contributed by atoms with Crippen molar-refractivity contribution >= 4 is 27.8 Å². The van der Waals surface area contributed by atoms with E-state index in [9.17, 15) is 0 Å². The Labute approximate surface area is 177 Å². The summed E-state index contributed by atoms with van der Waals surface area (Å²) in [5.74, 6) is 2.71. The lowest BCUT2D eigenvalue weighted by Crippen LogP contribution is -2.36. The molecule has 0 saturated carbocycles. The minimum absolute atomic E-state index is 0.0593. The zero-order valence-corrected chi connectivity index (χ0v) is 16.8. The van der Waals surface area contributed by atoms with Crippen molar-refractivity contribution in [1.82, 2.24) is 25.1 Å². The molecule has 0 amide bonds. The van der Waals surface area contributed by atoms with Crippen LogP contribution in [0.5, 0.6) is 0 Å². The number of fused-ring (bicyclic) bond motifs is 2. The summed E-state index contributed by atoms with van der Waals surface area (Å²) in [6.45, 7) is 1.77. The van der Waals surface area contributed by atoms with Crippen LogP contribution in [0.25, 0.3) is 22.0 Å². The third kappa shape index (κ3) is 3.30. The largest absolute Gasteiger partial charge is 0.460 e. The number of anilines is 1. The zero-order valence-electron chi connectivity index (χ0n) is 16.8. The van der Waals surface area contributed by atoms with Crippen LogP contribution in [-0.2, 0) is 0 Å². The van der Waals surface area contributed by atoms with Crippen molar-refractivity contribution in [3.05, 3.63) is 73.0 Å². The molecule has 31 heavy (non-hydrogen) atoms. The molecule has 8 heteroatoms. The summed E-state index contributed by atoms with van der Waals surface area (Å²) in [6, 6.07) is 11.9. The highest BCUT2D eigenvalue weighted by atomic mass is 16.5. The van der Waals surface area contributed by atoms with E-state index in [1.54, 1.807) is 6.20 Å². The van der Waals surface area contributed by atoms with E-state index in [0.717, 1.165) is 59.5 Å². The van der Waals surface area contributed by atoms with Crippen LogP contribution in [0.15, 0.2) is 70.3 Å². The van der Waals surface area contributed by atoms with Gasteiger partial charge in [-0.15, -0.1) is 0 Å². The Morgan fingerprint density at radius 1 is 1.00 bits per heavy atom. The Kier molecular flexibility index (Phi) is 4.33. The van der Waals surface area contributed by atoms with Crippen molar-refractivity contribution < 1.29 is 8.94 Å². The van der Waals surface area contributed by atoms with Crippen molar-refractivity contribution in [3.8, 4) is 0 Å². The number of pyridine rings is 1. The van der Waals surface area contributed by atoms with Gasteiger partial charge in [0.25, 0.3) is 0 Å². The van der Waals surface area contributed by atoms with Crippen LogP contribution in [0.1, 0.15) is 30.3 Å². The molecule has 1 unspecified atom stereocenters. The van der Waals surface area contributed by atoms with Crippen LogP contribution in [-0.4, -0.2) is 38.2 Å². The second-order valence-electron chi connectivity index (χ2n) is 7.87. The molecule has 6 rings (SSSR count). The average molecular weight is 412 g/mol. The van der Waals surface area contributed by atoms with Crippen LogP contribution in [0, 0.1) is 5.92 Å². The number of piperidine rings is 1. The molecule has 0 N–H and O–H groups in total. The molecule has 8 nitrogen and oxygen atoms in total. The first-order chi connectivity index (χ1) is 15.3. The lowest BCUT2D eigenvalue weighted by Gasteiger charge is -2.35. The van der Waals surface area contributed by atoms with Crippen molar-refractivity contribution in [3.63, 3.8) is 0 Å². The first-order valence-corrected chi connectivity index (χ1v) is 10.4. The Morgan fingerprint density at radius 2 is 1.87 bits per heavy atom. The summed E-state index contributed by atoms with van der Waals surface area (Å²) in [5.41, 5.74) is 2.66. The van der Waals surface area contributed by atoms with E-state index < -0.39 is 0 Å². The van der Waals surface area contributed by atoms with Gasteiger partial charge in [-0.3, -0.25) is 9.97 Å². The third-order valence-corrected chi connectivity index (χ3v) is 6.07. The molecule has 4 aromatic heterocycles. The second kappa shape index (κ2) is 7.46. The highest BCUT2D eigenvalue weighted by Crippen LogP contribution is 2.39. The van der Waals surface area contributed by atoms with E-state index in [1.165, 1.54) is 6.39 Å². The molecule has 1 atom stereocenters. The molecule has 154 valence electrons. The Morgan fingerprint density at radius 3 is 2.68 bits per heavy atom. The fourth-order valence-electron chi connectivity index (χ4n) is 4.51. The Hall–Kier alpha value is -3.81. The maximum atomic E-state index is 6.17. The molecule has 1 aliphatic heterocycles. The summed E-state index contributed by atoms with van der Waals surface area (Å²) in [6.07, 6.45) is 8.72. The summed E-state index contributed by atoms with van der Waals surface area (Å²) < 4.78 is 11.2. The molecule has 0 radical (unpaired) electrons. The molecule has 1 saturated heterocycles. The Balaban J connectivity index is 1.26. The quantitative estimate of drug-likeness (QED) is 0.433.